The number of fused-ring (bicyclic) bond motifs is 3. The molecule has 36 heavy (non-hydrogen) atoms. The number of carbonyl (C=O) groups excluding carboxylic acids is 4. The van der Waals surface area contributed by atoms with E-state index in [2.05, 4.69) is 16.1 Å². The summed E-state index contributed by atoms with van der Waals surface area (Å²) in [5.41, 5.74) is 5.73. The molecular formula is C26H38N6O4. The lowest BCUT2D eigenvalue weighted by molar-refractivity contribution is -0.156. The van der Waals surface area contributed by atoms with Crippen LogP contribution >= 0.6 is 0 Å². The van der Waals surface area contributed by atoms with Gasteiger partial charge in [0.1, 0.15) is 6.54 Å². The fraction of sp³-hybridized carbons (Fsp3) is 0.615. The molecule has 196 valence electrons. The molecule has 0 aromatic heterocycles. The van der Waals surface area contributed by atoms with Gasteiger partial charge in [-0.3, -0.25) is 19.3 Å². The van der Waals surface area contributed by atoms with Crippen molar-refractivity contribution in [3.05, 3.63) is 29.3 Å². The second-order valence-corrected chi connectivity index (χ2v) is 10.2. The van der Waals surface area contributed by atoms with Crippen LogP contribution in [0.15, 0.2) is 18.2 Å². The van der Waals surface area contributed by atoms with E-state index in [4.69, 9.17) is 0 Å². The number of nitrogens with one attached hydrogen (secondary N) is 3. The van der Waals surface area contributed by atoms with Gasteiger partial charge in [0, 0.05) is 30.7 Å². The van der Waals surface area contributed by atoms with Crippen molar-refractivity contribution in [2.75, 3.05) is 18.4 Å². The average molecular weight is 499 g/mol. The number of benzene rings is 1. The Hall–Kier alpha value is -3.14. The Morgan fingerprint density at radius 2 is 1.81 bits per heavy atom. The largest absolute Gasteiger partial charge is 0.354 e. The van der Waals surface area contributed by atoms with Gasteiger partial charge < -0.3 is 15.5 Å². The molecule has 0 spiro atoms. The maximum Gasteiger partial charge on any atom is 0.337 e. The minimum atomic E-state index is -0.700. The first-order valence-corrected chi connectivity index (χ1v) is 13.0. The van der Waals surface area contributed by atoms with Crippen LogP contribution < -0.4 is 16.1 Å². The van der Waals surface area contributed by atoms with Crippen molar-refractivity contribution in [2.24, 2.45) is 5.92 Å². The van der Waals surface area contributed by atoms with Gasteiger partial charge in [-0.15, -0.1) is 0 Å². The Kier molecular flexibility index (Phi) is 7.82. The van der Waals surface area contributed by atoms with Gasteiger partial charge in [-0.1, -0.05) is 38.0 Å². The Bertz CT molecular complexity index is 1010. The minimum absolute atomic E-state index is 0.0283. The van der Waals surface area contributed by atoms with Gasteiger partial charge in [0.2, 0.25) is 17.7 Å². The Morgan fingerprint density at radius 3 is 2.50 bits per heavy atom. The number of carbonyl (C=O) groups is 4. The molecule has 2 saturated heterocycles. The highest BCUT2D eigenvalue weighted by Crippen LogP contribution is 2.38. The van der Waals surface area contributed by atoms with Crippen LogP contribution in [0.2, 0.25) is 0 Å². The summed E-state index contributed by atoms with van der Waals surface area (Å²) in [6.07, 6.45) is 3.65. The van der Waals surface area contributed by atoms with Crippen molar-refractivity contribution in [1.29, 1.82) is 0 Å². The maximum atomic E-state index is 13.5. The zero-order chi connectivity index (χ0) is 26.0. The van der Waals surface area contributed by atoms with Crippen molar-refractivity contribution in [3.8, 4) is 0 Å². The van der Waals surface area contributed by atoms with Crippen LogP contribution in [-0.4, -0.2) is 70.0 Å². The SMILES string of the molecule is CCC(C)NC(=O)CCN1C(=O)C2CCCCC2N2C(=O)N(CC(=O)Nc3c(C)cccc3C)NC12. The van der Waals surface area contributed by atoms with E-state index in [1.807, 2.05) is 45.9 Å². The molecule has 5 amide bonds. The van der Waals surface area contributed by atoms with E-state index >= 15 is 0 Å². The summed E-state index contributed by atoms with van der Waals surface area (Å²) in [5, 5.41) is 7.15. The fourth-order valence-electron chi connectivity index (χ4n) is 5.46. The molecule has 0 bridgehead atoms. The smallest absolute Gasteiger partial charge is 0.337 e. The number of nitrogens with zero attached hydrogens (tertiary/aromatic N) is 3. The third kappa shape index (κ3) is 5.18. The van der Waals surface area contributed by atoms with Gasteiger partial charge in [0.25, 0.3) is 0 Å². The van der Waals surface area contributed by atoms with Gasteiger partial charge in [0.15, 0.2) is 6.29 Å². The summed E-state index contributed by atoms with van der Waals surface area (Å²) in [4.78, 5) is 55.6. The number of hydrazine groups is 1. The normalized spacial score (nSPS) is 24.3. The first kappa shape index (κ1) is 25.9. The molecular weight excluding hydrogens is 460 g/mol. The number of urea groups is 1. The number of para-hydroxylation sites is 1. The van der Waals surface area contributed by atoms with E-state index in [1.165, 1.54) is 5.01 Å². The molecule has 1 aromatic rings. The molecule has 3 fully saturated rings. The molecule has 2 heterocycles. The second kappa shape index (κ2) is 10.9. The Morgan fingerprint density at radius 1 is 1.11 bits per heavy atom. The molecule has 10 nitrogen and oxygen atoms in total. The van der Waals surface area contributed by atoms with Crippen LogP contribution in [0.3, 0.4) is 0 Å². The summed E-state index contributed by atoms with van der Waals surface area (Å²) < 4.78 is 0. The molecule has 4 atom stereocenters. The predicted molar refractivity (Wildman–Crippen MR) is 135 cm³/mol. The highest BCUT2D eigenvalue weighted by Gasteiger charge is 2.54. The van der Waals surface area contributed by atoms with E-state index in [0.717, 1.165) is 48.9 Å². The van der Waals surface area contributed by atoms with E-state index in [9.17, 15) is 19.2 Å². The van der Waals surface area contributed by atoms with Crippen LogP contribution in [0, 0.1) is 19.8 Å². The lowest BCUT2D eigenvalue weighted by atomic mass is 9.81. The van der Waals surface area contributed by atoms with E-state index < -0.39 is 6.29 Å². The number of anilines is 1. The predicted octanol–water partition coefficient (Wildman–Crippen LogP) is 2.47. The Labute approximate surface area is 212 Å². The first-order valence-electron chi connectivity index (χ1n) is 13.0. The maximum absolute atomic E-state index is 13.5. The summed E-state index contributed by atoms with van der Waals surface area (Å²) >= 11 is 0. The standard InChI is InChI=1S/C26H38N6O4/c1-5-18(4)27-21(33)13-14-30-24(35)19-11-6-7-12-20(19)32-25(30)29-31(26(32)36)15-22(34)28-23-16(2)9-8-10-17(23)3/h8-10,18-20,25,29H,5-7,11-15H2,1-4H3,(H,27,33)(H,28,34). The fourth-order valence-corrected chi connectivity index (χ4v) is 5.46. The van der Waals surface area contributed by atoms with Crippen molar-refractivity contribution in [3.63, 3.8) is 0 Å². The lowest BCUT2D eigenvalue weighted by Crippen LogP contribution is -2.66. The van der Waals surface area contributed by atoms with Crippen LogP contribution in [0.1, 0.15) is 63.5 Å². The van der Waals surface area contributed by atoms with Crippen molar-refractivity contribution in [2.45, 2.75) is 84.6 Å². The van der Waals surface area contributed by atoms with E-state index in [1.54, 1.807) is 9.80 Å². The zero-order valence-corrected chi connectivity index (χ0v) is 21.7. The zero-order valence-electron chi connectivity index (χ0n) is 21.7. The highest BCUT2D eigenvalue weighted by atomic mass is 16.2. The third-order valence-corrected chi connectivity index (χ3v) is 7.62. The number of hydrogen-bond donors (Lipinski definition) is 3. The first-order chi connectivity index (χ1) is 17.2. The number of hydrogen-bond acceptors (Lipinski definition) is 5. The van der Waals surface area contributed by atoms with Crippen LogP contribution in [0.4, 0.5) is 10.5 Å². The molecule has 4 rings (SSSR count). The third-order valence-electron chi connectivity index (χ3n) is 7.62. The molecule has 3 aliphatic rings. The number of aryl methyl sites for hydroxylation is 2. The van der Waals surface area contributed by atoms with Crippen molar-refractivity contribution >= 4 is 29.4 Å². The monoisotopic (exact) mass is 498 g/mol. The summed E-state index contributed by atoms with van der Waals surface area (Å²) in [6.45, 7) is 7.80. The lowest BCUT2D eigenvalue weighted by Gasteiger charge is -2.48. The van der Waals surface area contributed by atoms with Crippen LogP contribution in [0.5, 0.6) is 0 Å². The molecule has 2 aliphatic heterocycles. The summed E-state index contributed by atoms with van der Waals surface area (Å²) in [5.74, 6) is -0.746. The highest BCUT2D eigenvalue weighted by molar-refractivity contribution is 5.96. The van der Waals surface area contributed by atoms with E-state index in [0.29, 0.717) is 0 Å². The molecule has 0 radical (unpaired) electrons. The molecule has 3 N–H and O–H groups in total. The van der Waals surface area contributed by atoms with Crippen molar-refractivity contribution < 1.29 is 19.2 Å². The minimum Gasteiger partial charge on any atom is -0.354 e. The molecule has 1 saturated carbocycles. The molecule has 4 unspecified atom stereocenters. The summed E-state index contributed by atoms with van der Waals surface area (Å²) in [7, 11) is 0. The second-order valence-electron chi connectivity index (χ2n) is 10.2. The number of rotatable bonds is 8. The molecule has 1 aliphatic carbocycles. The summed E-state index contributed by atoms with van der Waals surface area (Å²) in [6, 6.07) is 5.33. The topological polar surface area (TPSA) is 114 Å². The van der Waals surface area contributed by atoms with Crippen LogP contribution in [-0.2, 0) is 14.4 Å². The molecule has 1 aromatic carbocycles. The Balaban J connectivity index is 1.49. The average Bonchev–Trinajstić information content (AvgIpc) is 3.16. The van der Waals surface area contributed by atoms with Crippen LogP contribution in [0.25, 0.3) is 0 Å². The van der Waals surface area contributed by atoms with E-state index in [-0.39, 0.29) is 61.3 Å². The van der Waals surface area contributed by atoms with Gasteiger partial charge in [-0.05, 0) is 51.2 Å². The van der Waals surface area contributed by atoms with Gasteiger partial charge in [-0.2, -0.15) is 5.43 Å². The quantitative estimate of drug-likeness (QED) is 0.510. The number of amides is 5. The van der Waals surface area contributed by atoms with Gasteiger partial charge in [-0.25, -0.2) is 9.80 Å². The van der Waals surface area contributed by atoms with Gasteiger partial charge in [0.05, 0.1) is 5.92 Å². The van der Waals surface area contributed by atoms with Gasteiger partial charge >= 0.3 is 6.03 Å². The van der Waals surface area contributed by atoms with Crippen molar-refractivity contribution in [1.82, 2.24) is 25.6 Å². The molecule has 10 heteroatoms.